The van der Waals surface area contributed by atoms with Crippen molar-refractivity contribution in [1.82, 2.24) is 0 Å². The first-order chi connectivity index (χ1) is 19.0. The highest BCUT2D eigenvalue weighted by molar-refractivity contribution is 5.72. The molecule has 216 valence electrons. The summed E-state index contributed by atoms with van der Waals surface area (Å²) in [4.78, 5) is 11.0. The Bertz CT molecular complexity index is 952. The molecule has 3 nitrogen and oxygen atoms in total. The molecule has 1 N–H and O–H groups in total. The van der Waals surface area contributed by atoms with E-state index in [2.05, 4.69) is 62.4 Å². The minimum absolute atomic E-state index is 0.146. The fraction of sp³-hybridized carbons (Fsp3) is 0.629. The number of hydrogen-bond donors (Lipinski definition) is 1. The zero-order valence-corrected chi connectivity index (χ0v) is 24.4. The number of rotatable bonds is 18. The van der Waals surface area contributed by atoms with Gasteiger partial charge in [-0.3, -0.25) is 0 Å². The second kappa shape index (κ2) is 17.4. The minimum Gasteiger partial charge on any atom is -0.493 e. The van der Waals surface area contributed by atoms with E-state index in [0.29, 0.717) is 18.4 Å². The molecule has 1 saturated carbocycles. The van der Waals surface area contributed by atoms with E-state index < -0.39 is 12.1 Å². The van der Waals surface area contributed by atoms with Crippen LogP contribution in [0.15, 0.2) is 48.5 Å². The predicted molar refractivity (Wildman–Crippen MR) is 160 cm³/mol. The molecule has 2 atom stereocenters. The minimum atomic E-state index is -1.74. The Balaban J connectivity index is 1.51. The van der Waals surface area contributed by atoms with Gasteiger partial charge in [-0.15, -0.1) is 0 Å². The van der Waals surface area contributed by atoms with E-state index in [4.69, 9.17) is 9.84 Å². The van der Waals surface area contributed by atoms with Gasteiger partial charge in [-0.1, -0.05) is 102 Å². The van der Waals surface area contributed by atoms with Crippen molar-refractivity contribution in [3.8, 4) is 16.9 Å². The van der Waals surface area contributed by atoms with Gasteiger partial charge in [0, 0.05) is 0 Å². The summed E-state index contributed by atoms with van der Waals surface area (Å²) >= 11 is 0. The first-order valence-corrected chi connectivity index (χ1v) is 15.7. The molecule has 2 aromatic carbocycles. The van der Waals surface area contributed by atoms with E-state index in [1.54, 1.807) is 0 Å². The molecule has 0 bridgehead atoms. The lowest BCUT2D eigenvalue weighted by molar-refractivity contribution is -0.143. The molecule has 0 radical (unpaired) electrons. The largest absolute Gasteiger partial charge is 0.493 e. The molecule has 1 unspecified atom stereocenters. The zero-order chi connectivity index (χ0) is 27.9. The lowest BCUT2D eigenvalue weighted by atomic mass is 9.73. The van der Waals surface area contributed by atoms with Crippen LogP contribution in [-0.4, -0.2) is 23.9 Å². The van der Waals surface area contributed by atoms with Gasteiger partial charge in [-0.2, -0.15) is 0 Å². The summed E-state index contributed by atoms with van der Waals surface area (Å²) in [6.07, 6.45) is 15.1. The standard InChI is InChI=1S/C35H51FO3/c1-3-5-6-7-8-9-10-12-17-31-24-32(22-23-33(31)30-15-13-11-14-16-30)39-26-27-18-20-29(21-19-27)28(4-2)25-34(36)35(37)38/h11,13-16,22-24,27-29,34H,3-10,12,17-21,25-26H2,1-2H3,(H,37,38)/t27?,28?,29?,34-/m0/s1. The highest BCUT2D eigenvalue weighted by Gasteiger charge is 2.30. The third-order valence-electron chi connectivity index (χ3n) is 8.81. The van der Waals surface area contributed by atoms with Crippen LogP contribution in [0, 0.1) is 17.8 Å². The Kier molecular flexibility index (Phi) is 13.9. The molecule has 0 heterocycles. The lowest BCUT2D eigenvalue weighted by Crippen LogP contribution is -2.28. The zero-order valence-electron chi connectivity index (χ0n) is 24.4. The summed E-state index contributed by atoms with van der Waals surface area (Å²) in [7, 11) is 0. The smallest absolute Gasteiger partial charge is 0.338 e. The fourth-order valence-electron chi connectivity index (χ4n) is 6.31. The number of carbonyl (C=O) groups is 1. The van der Waals surface area contributed by atoms with Crippen molar-refractivity contribution >= 4 is 5.97 Å². The molecule has 39 heavy (non-hydrogen) atoms. The van der Waals surface area contributed by atoms with Crippen molar-refractivity contribution in [2.45, 2.75) is 116 Å². The van der Waals surface area contributed by atoms with Crippen LogP contribution in [0.25, 0.3) is 11.1 Å². The summed E-state index contributed by atoms with van der Waals surface area (Å²) in [6, 6.07) is 17.3. The third-order valence-corrected chi connectivity index (χ3v) is 8.81. The highest BCUT2D eigenvalue weighted by Crippen LogP contribution is 2.38. The number of hydrogen-bond acceptors (Lipinski definition) is 2. The number of alkyl halides is 1. The van der Waals surface area contributed by atoms with E-state index in [9.17, 15) is 9.18 Å². The number of carboxylic acid groups (broad SMARTS) is 1. The van der Waals surface area contributed by atoms with Crippen LogP contribution in [0.3, 0.4) is 0 Å². The normalized spacial score (nSPS) is 18.9. The van der Waals surface area contributed by atoms with Crippen LogP contribution in [0.2, 0.25) is 0 Å². The maximum Gasteiger partial charge on any atom is 0.338 e. The van der Waals surface area contributed by atoms with Gasteiger partial charge in [0.05, 0.1) is 6.61 Å². The Labute approximate surface area is 236 Å². The molecule has 3 rings (SSSR count). The van der Waals surface area contributed by atoms with Crippen molar-refractivity contribution in [3.63, 3.8) is 0 Å². The molecule has 4 heteroatoms. The monoisotopic (exact) mass is 538 g/mol. The van der Waals surface area contributed by atoms with Crippen molar-refractivity contribution in [2.75, 3.05) is 6.61 Å². The average Bonchev–Trinajstić information content (AvgIpc) is 2.97. The molecule has 2 aromatic rings. The van der Waals surface area contributed by atoms with E-state index >= 15 is 0 Å². The topological polar surface area (TPSA) is 46.5 Å². The summed E-state index contributed by atoms with van der Waals surface area (Å²) < 4.78 is 20.2. The molecular weight excluding hydrogens is 487 g/mol. The van der Waals surface area contributed by atoms with Gasteiger partial charge in [-0.05, 0) is 91.5 Å². The average molecular weight is 539 g/mol. The number of carboxylic acids is 1. The molecule has 1 fully saturated rings. The lowest BCUT2D eigenvalue weighted by Gasteiger charge is -2.33. The van der Waals surface area contributed by atoms with Crippen molar-refractivity contribution in [2.24, 2.45) is 17.8 Å². The van der Waals surface area contributed by atoms with Gasteiger partial charge in [0.2, 0.25) is 0 Å². The van der Waals surface area contributed by atoms with Gasteiger partial charge in [-0.25, -0.2) is 9.18 Å². The third kappa shape index (κ3) is 10.6. The van der Waals surface area contributed by atoms with Crippen LogP contribution in [0.1, 0.15) is 109 Å². The predicted octanol–water partition coefficient (Wildman–Crippen LogP) is 10.1. The van der Waals surface area contributed by atoms with Crippen LogP contribution < -0.4 is 4.74 Å². The van der Waals surface area contributed by atoms with Gasteiger partial charge >= 0.3 is 5.97 Å². The van der Waals surface area contributed by atoms with Crippen LogP contribution in [-0.2, 0) is 11.2 Å². The molecule has 0 amide bonds. The number of benzene rings is 2. The van der Waals surface area contributed by atoms with Gasteiger partial charge in [0.15, 0.2) is 6.17 Å². The molecule has 0 spiro atoms. The summed E-state index contributed by atoms with van der Waals surface area (Å²) in [5.41, 5.74) is 3.95. The molecule has 1 aliphatic carbocycles. The number of ether oxygens (including phenoxy) is 1. The Morgan fingerprint density at radius 1 is 0.923 bits per heavy atom. The van der Waals surface area contributed by atoms with Gasteiger partial charge in [0.1, 0.15) is 5.75 Å². The van der Waals surface area contributed by atoms with E-state index in [1.807, 2.05) is 0 Å². The molecule has 0 aliphatic heterocycles. The Hall–Kier alpha value is -2.36. The van der Waals surface area contributed by atoms with Crippen molar-refractivity contribution in [3.05, 3.63) is 54.1 Å². The Morgan fingerprint density at radius 2 is 1.59 bits per heavy atom. The molecular formula is C35H51FO3. The number of aryl methyl sites for hydroxylation is 1. The van der Waals surface area contributed by atoms with E-state index in [1.165, 1.54) is 68.1 Å². The summed E-state index contributed by atoms with van der Waals surface area (Å²) in [5, 5.41) is 8.96. The number of unbranched alkanes of at least 4 members (excludes halogenated alkanes) is 7. The van der Waals surface area contributed by atoms with E-state index in [-0.39, 0.29) is 12.3 Å². The fourth-order valence-corrected chi connectivity index (χ4v) is 6.31. The molecule has 0 saturated heterocycles. The summed E-state index contributed by atoms with van der Waals surface area (Å²) in [5.74, 6) is 0.717. The van der Waals surface area contributed by atoms with Crippen LogP contribution in [0.4, 0.5) is 4.39 Å². The second-order valence-electron chi connectivity index (χ2n) is 11.7. The second-order valence-corrected chi connectivity index (χ2v) is 11.7. The number of halogens is 1. The first kappa shape index (κ1) is 31.2. The SMILES string of the molecule is CCCCCCCCCCc1cc(OCC2CCC(C(CC)C[C@H](F)C(=O)O)CC2)ccc1-c1ccccc1. The summed E-state index contributed by atoms with van der Waals surface area (Å²) in [6.45, 7) is 5.04. The van der Waals surface area contributed by atoms with Gasteiger partial charge in [0.25, 0.3) is 0 Å². The molecule has 0 aromatic heterocycles. The quantitative estimate of drug-likeness (QED) is 0.192. The number of aliphatic carboxylic acids is 1. The van der Waals surface area contributed by atoms with Crippen LogP contribution >= 0.6 is 0 Å². The van der Waals surface area contributed by atoms with Crippen molar-refractivity contribution < 1.29 is 19.0 Å². The highest BCUT2D eigenvalue weighted by atomic mass is 19.1. The van der Waals surface area contributed by atoms with Crippen LogP contribution in [0.5, 0.6) is 5.75 Å². The van der Waals surface area contributed by atoms with Crippen molar-refractivity contribution in [1.29, 1.82) is 0 Å². The Morgan fingerprint density at radius 3 is 2.23 bits per heavy atom. The maximum absolute atomic E-state index is 13.8. The van der Waals surface area contributed by atoms with Gasteiger partial charge < -0.3 is 9.84 Å². The maximum atomic E-state index is 13.8. The first-order valence-electron chi connectivity index (χ1n) is 15.7. The molecule has 1 aliphatic rings. The van der Waals surface area contributed by atoms with E-state index in [0.717, 1.165) is 44.3 Å².